The Morgan fingerprint density at radius 3 is 0.655 bits per heavy atom. The fraction of sp³-hybridized carbons (Fsp3) is 0.709. The molecular formula is C55H108. The van der Waals surface area contributed by atoms with Crippen LogP contribution < -0.4 is 0 Å². The highest BCUT2D eigenvalue weighted by atomic mass is 14.2. The van der Waals surface area contributed by atoms with Crippen LogP contribution in [0, 0.1) is 32.5 Å². The van der Waals surface area contributed by atoms with Crippen molar-refractivity contribution in [1.29, 1.82) is 0 Å². The third-order valence-electron chi connectivity index (χ3n) is 6.94. The minimum absolute atomic E-state index is 0. The van der Waals surface area contributed by atoms with Crippen LogP contribution in [-0.2, 0) is 12.8 Å². The maximum Gasteiger partial charge on any atom is -0.0230 e. The molecule has 328 valence electrons. The summed E-state index contributed by atoms with van der Waals surface area (Å²) in [6, 6.07) is 21.3. The van der Waals surface area contributed by atoms with Crippen molar-refractivity contribution in [3.63, 3.8) is 0 Å². The van der Waals surface area contributed by atoms with Gasteiger partial charge in [0.1, 0.15) is 0 Å². The molecule has 0 heteroatoms. The van der Waals surface area contributed by atoms with Crippen molar-refractivity contribution in [2.24, 2.45) is 32.5 Å². The molecule has 2 rings (SSSR count). The van der Waals surface area contributed by atoms with E-state index in [1.807, 2.05) is 27.7 Å². The first kappa shape index (κ1) is 67.7. The fourth-order valence-corrected chi connectivity index (χ4v) is 4.23. The van der Waals surface area contributed by atoms with Crippen molar-refractivity contribution in [2.75, 3.05) is 0 Å². The van der Waals surface area contributed by atoms with E-state index < -0.39 is 0 Å². The molecule has 0 aliphatic rings. The Hall–Kier alpha value is -2.08. The third-order valence-corrected chi connectivity index (χ3v) is 6.94. The predicted molar refractivity (Wildman–Crippen MR) is 266 cm³/mol. The smallest absolute Gasteiger partial charge is 0.0230 e. The number of rotatable bonds is 4. The van der Waals surface area contributed by atoms with Gasteiger partial charge in [0, 0.05) is 0 Å². The van der Waals surface area contributed by atoms with Crippen molar-refractivity contribution in [3.05, 3.63) is 96.1 Å². The third kappa shape index (κ3) is 81.2. The van der Waals surface area contributed by atoms with Crippen LogP contribution in [-0.4, -0.2) is 0 Å². The Bertz CT molecular complexity index is 979. The van der Waals surface area contributed by atoms with E-state index in [0.717, 1.165) is 25.7 Å². The lowest BCUT2D eigenvalue weighted by atomic mass is 9.88. The summed E-state index contributed by atoms with van der Waals surface area (Å²) in [5, 5.41) is 0. The normalized spacial score (nSPS) is 10.8. The molecule has 0 amide bonds. The van der Waals surface area contributed by atoms with Gasteiger partial charge in [0.25, 0.3) is 0 Å². The summed E-state index contributed by atoms with van der Waals surface area (Å²) in [6.45, 7) is 64.6. The van der Waals surface area contributed by atoms with Crippen molar-refractivity contribution < 1.29 is 0 Å². The van der Waals surface area contributed by atoms with Crippen molar-refractivity contribution in [3.8, 4) is 0 Å². The van der Waals surface area contributed by atoms with E-state index in [-0.39, 0.29) is 7.43 Å². The second-order valence-electron chi connectivity index (χ2n) is 21.7. The molecule has 0 saturated carbocycles. The van der Waals surface area contributed by atoms with Crippen LogP contribution in [0.15, 0.2) is 85.0 Å². The minimum Gasteiger partial charge on any atom is -0.100 e. The lowest BCUT2D eigenvalue weighted by molar-refractivity contribution is 0.397. The highest BCUT2D eigenvalue weighted by Crippen LogP contribution is 2.23. The highest BCUT2D eigenvalue weighted by Gasteiger charge is 2.11. The number of hydrogen-bond donors (Lipinski definition) is 0. The van der Waals surface area contributed by atoms with Gasteiger partial charge in [-0.2, -0.15) is 0 Å². The standard InChI is InChI=1S/2C11H16.2C8H16.2C6H14.2C2H6.CH4/c2*1-11(2,3)9-10-7-5-4-6-8-10;2*1-7(2)6-8(3,4)5;2*1-5-6(2,3)4;2*1-2;/h2*4-8H,9H2,1-3H3;2*1,6H2,2-5H3;2*5H2,1-4H3;2*1-2H3;1H4. The van der Waals surface area contributed by atoms with E-state index in [1.165, 1.54) is 35.1 Å². The zero-order valence-corrected chi connectivity index (χ0v) is 42.4. The maximum absolute atomic E-state index is 3.84. The van der Waals surface area contributed by atoms with E-state index in [4.69, 9.17) is 0 Å². The average molecular weight is 769 g/mol. The molecule has 0 N–H and O–H groups in total. The Kier molecular flexibility index (Phi) is 43.2. The summed E-state index contributed by atoms with van der Waals surface area (Å²) in [5.41, 5.74) is 8.15. The fourth-order valence-electron chi connectivity index (χ4n) is 4.23. The lowest BCUT2D eigenvalue weighted by Crippen LogP contribution is -2.08. The summed E-state index contributed by atoms with van der Waals surface area (Å²) in [6.07, 6.45) is 7.13. The molecule has 0 aliphatic carbocycles. The molecule has 2 aromatic rings. The summed E-state index contributed by atoms with van der Waals surface area (Å²) < 4.78 is 0. The van der Waals surface area contributed by atoms with Gasteiger partial charge in [0.15, 0.2) is 0 Å². The van der Waals surface area contributed by atoms with Crippen LogP contribution in [0.1, 0.15) is 224 Å². The largest absolute Gasteiger partial charge is 0.100 e. The summed E-state index contributed by atoms with van der Waals surface area (Å²) in [5.74, 6) is 0. The number of allylic oxidation sites excluding steroid dienone is 2. The van der Waals surface area contributed by atoms with Gasteiger partial charge in [0.2, 0.25) is 0 Å². The molecule has 0 bridgehead atoms. The first-order valence-corrected chi connectivity index (χ1v) is 21.5. The van der Waals surface area contributed by atoms with Gasteiger partial charge in [-0.25, -0.2) is 0 Å². The Morgan fingerprint density at radius 1 is 0.382 bits per heavy atom. The molecule has 2 aromatic carbocycles. The molecule has 0 fully saturated rings. The van der Waals surface area contributed by atoms with Crippen LogP contribution in [0.25, 0.3) is 0 Å². The molecule has 0 unspecified atom stereocenters. The molecule has 0 saturated heterocycles. The first-order chi connectivity index (χ1) is 24.1. The Balaban J connectivity index is -0.0000000998. The summed E-state index contributed by atoms with van der Waals surface area (Å²) in [4.78, 5) is 0. The number of benzene rings is 2. The van der Waals surface area contributed by atoms with Gasteiger partial charge < -0.3 is 0 Å². The van der Waals surface area contributed by atoms with Gasteiger partial charge in [-0.3, -0.25) is 0 Å². The Morgan fingerprint density at radius 2 is 0.564 bits per heavy atom. The van der Waals surface area contributed by atoms with Gasteiger partial charge >= 0.3 is 0 Å². The average Bonchev–Trinajstić information content (AvgIpc) is 2.97. The highest BCUT2D eigenvalue weighted by molar-refractivity contribution is 5.16. The second-order valence-corrected chi connectivity index (χ2v) is 21.7. The lowest BCUT2D eigenvalue weighted by Gasteiger charge is -2.17. The molecule has 0 atom stereocenters. The van der Waals surface area contributed by atoms with Gasteiger partial charge in [-0.15, -0.1) is 13.2 Å². The van der Waals surface area contributed by atoms with Crippen LogP contribution in [0.5, 0.6) is 0 Å². The summed E-state index contributed by atoms with van der Waals surface area (Å²) >= 11 is 0. The molecular weight excluding hydrogens is 661 g/mol. The maximum atomic E-state index is 3.84. The molecule has 55 heavy (non-hydrogen) atoms. The van der Waals surface area contributed by atoms with Crippen LogP contribution in [0.4, 0.5) is 0 Å². The van der Waals surface area contributed by atoms with E-state index in [0.29, 0.717) is 32.5 Å². The quantitative estimate of drug-likeness (QED) is 0.272. The van der Waals surface area contributed by atoms with Crippen LogP contribution >= 0.6 is 0 Å². The van der Waals surface area contributed by atoms with E-state index in [2.05, 4.69) is 226 Å². The molecule has 0 aromatic heterocycles. The van der Waals surface area contributed by atoms with E-state index >= 15 is 0 Å². The van der Waals surface area contributed by atoms with Crippen LogP contribution in [0.2, 0.25) is 0 Å². The second kappa shape index (κ2) is 35.1. The zero-order valence-electron chi connectivity index (χ0n) is 42.4. The SMILES string of the molecule is C.C=C(C)CC(C)(C)C.C=C(C)CC(C)(C)C.CC.CC.CC(C)(C)Cc1ccccc1.CC(C)(C)Cc1ccccc1.CCC(C)(C)C.CCC(C)(C)C. The zero-order chi connectivity index (χ0) is 44.6. The Labute approximate surface area is 353 Å². The minimum atomic E-state index is 0. The molecule has 0 aliphatic heterocycles. The first-order valence-electron chi connectivity index (χ1n) is 21.5. The van der Waals surface area contributed by atoms with E-state index in [1.54, 1.807) is 0 Å². The van der Waals surface area contributed by atoms with Gasteiger partial charge in [0.05, 0.1) is 0 Å². The molecule has 0 radical (unpaired) electrons. The van der Waals surface area contributed by atoms with Gasteiger partial charge in [-0.05, 0) is 83.1 Å². The van der Waals surface area contributed by atoms with Crippen molar-refractivity contribution in [1.82, 2.24) is 0 Å². The van der Waals surface area contributed by atoms with Crippen LogP contribution in [0.3, 0.4) is 0 Å². The van der Waals surface area contributed by atoms with Crippen molar-refractivity contribution in [2.45, 2.75) is 226 Å². The summed E-state index contributed by atoms with van der Waals surface area (Å²) in [7, 11) is 0. The molecule has 0 nitrogen and oxygen atoms in total. The number of hydrogen-bond acceptors (Lipinski definition) is 0. The monoisotopic (exact) mass is 769 g/mol. The molecule has 0 heterocycles. The predicted octanol–water partition coefficient (Wildman–Crippen LogP) is 20.1. The van der Waals surface area contributed by atoms with Crippen molar-refractivity contribution >= 4 is 0 Å². The molecule has 0 spiro atoms. The topological polar surface area (TPSA) is 0 Å². The van der Waals surface area contributed by atoms with Gasteiger partial charge in [-0.1, -0.05) is 258 Å². The van der Waals surface area contributed by atoms with E-state index in [9.17, 15) is 0 Å².